The number of hydrogen-bond donors (Lipinski definition) is 1. The first-order valence-electron chi connectivity index (χ1n) is 9.32. The number of hydrogen-bond acceptors (Lipinski definition) is 2. The van der Waals surface area contributed by atoms with Crippen LogP contribution in [0.25, 0.3) is 0 Å². The van der Waals surface area contributed by atoms with Crippen molar-refractivity contribution in [2.24, 2.45) is 5.92 Å². The Bertz CT molecular complexity index is 254. The van der Waals surface area contributed by atoms with Crippen molar-refractivity contribution in [3.63, 3.8) is 0 Å². The molecule has 1 saturated carbocycles. The minimum atomic E-state index is 0.789. The fourth-order valence-corrected chi connectivity index (χ4v) is 4.27. The average molecular weight is 280 g/mol. The lowest BCUT2D eigenvalue weighted by molar-refractivity contribution is 0.107. The van der Waals surface area contributed by atoms with E-state index in [-0.39, 0.29) is 0 Å². The highest BCUT2D eigenvalue weighted by molar-refractivity contribution is 4.85. The number of likely N-dealkylation sites (tertiary alicyclic amines) is 1. The van der Waals surface area contributed by atoms with Gasteiger partial charge in [-0.2, -0.15) is 0 Å². The van der Waals surface area contributed by atoms with E-state index in [4.69, 9.17) is 0 Å². The molecule has 2 nitrogen and oxygen atoms in total. The van der Waals surface area contributed by atoms with Gasteiger partial charge in [-0.3, -0.25) is 0 Å². The Morgan fingerprint density at radius 3 is 2.55 bits per heavy atom. The van der Waals surface area contributed by atoms with Crippen molar-refractivity contribution in [2.75, 3.05) is 19.6 Å². The lowest BCUT2D eigenvalue weighted by atomic mass is 9.91. The molecule has 1 heterocycles. The third-order valence-electron chi connectivity index (χ3n) is 5.50. The summed E-state index contributed by atoms with van der Waals surface area (Å²) < 4.78 is 0. The van der Waals surface area contributed by atoms with Gasteiger partial charge in [-0.15, -0.1) is 0 Å². The van der Waals surface area contributed by atoms with E-state index in [2.05, 4.69) is 24.1 Å². The van der Waals surface area contributed by atoms with Crippen LogP contribution in [0.1, 0.15) is 78.1 Å². The van der Waals surface area contributed by atoms with E-state index in [1.807, 2.05) is 0 Å². The zero-order valence-corrected chi connectivity index (χ0v) is 13.9. The largest absolute Gasteiger partial charge is 0.314 e. The van der Waals surface area contributed by atoms with E-state index < -0.39 is 0 Å². The third kappa shape index (κ3) is 4.73. The SMILES string of the molecule is CCCNC1CCCCCC1CN1CCCCC1CC. The molecule has 118 valence electrons. The van der Waals surface area contributed by atoms with Crippen molar-refractivity contribution < 1.29 is 0 Å². The Morgan fingerprint density at radius 2 is 1.75 bits per heavy atom. The molecule has 1 aliphatic carbocycles. The van der Waals surface area contributed by atoms with Gasteiger partial charge in [0.1, 0.15) is 0 Å². The van der Waals surface area contributed by atoms with Crippen LogP contribution < -0.4 is 5.32 Å². The molecule has 0 spiro atoms. The second-order valence-corrected chi connectivity index (χ2v) is 7.01. The Hall–Kier alpha value is -0.0800. The molecule has 3 atom stereocenters. The van der Waals surface area contributed by atoms with Crippen LogP contribution in [0.4, 0.5) is 0 Å². The lowest BCUT2D eigenvalue weighted by Crippen LogP contribution is -2.47. The minimum absolute atomic E-state index is 0.789. The van der Waals surface area contributed by atoms with Crippen molar-refractivity contribution in [3.8, 4) is 0 Å². The van der Waals surface area contributed by atoms with Crippen LogP contribution in [0.2, 0.25) is 0 Å². The van der Waals surface area contributed by atoms with Gasteiger partial charge >= 0.3 is 0 Å². The first kappa shape index (κ1) is 16.3. The highest BCUT2D eigenvalue weighted by Crippen LogP contribution is 2.28. The molecule has 0 aromatic carbocycles. The highest BCUT2D eigenvalue weighted by atomic mass is 15.2. The molecule has 1 saturated heterocycles. The van der Waals surface area contributed by atoms with Gasteiger partial charge in [0.25, 0.3) is 0 Å². The minimum Gasteiger partial charge on any atom is -0.314 e. The summed E-state index contributed by atoms with van der Waals surface area (Å²) in [5.74, 6) is 0.899. The van der Waals surface area contributed by atoms with Gasteiger partial charge in [0, 0.05) is 18.6 Å². The molecule has 0 bridgehead atoms. The summed E-state index contributed by atoms with van der Waals surface area (Å²) >= 11 is 0. The zero-order chi connectivity index (χ0) is 14.2. The van der Waals surface area contributed by atoms with E-state index in [9.17, 15) is 0 Å². The maximum Gasteiger partial charge on any atom is 0.0107 e. The highest BCUT2D eigenvalue weighted by Gasteiger charge is 2.28. The normalized spacial score (nSPS) is 33.0. The predicted molar refractivity (Wildman–Crippen MR) is 88.2 cm³/mol. The maximum atomic E-state index is 3.86. The van der Waals surface area contributed by atoms with Crippen LogP contribution in [-0.4, -0.2) is 36.6 Å². The van der Waals surface area contributed by atoms with Crippen LogP contribution >= 0.6 is 0 Å². The van der Waals surface area contributed by atoms with Crippen molar-refractivity contribution in [2.45, 2.75) is 90.1 Å². The topological polar surface area (TPSA) is 15.3 Å². The van der Waals surface area contributed by atoms with Crippen LogP contribution in [0.5, 0.6) is 0 Å². The Morgan fingerprint density at radius 1 is 0.950 bits per heavy atom. The van der Waals surface area contributed by atoms with Crippen molar-refractivity contribution >= 4 is 0 Å². The lowest BCUT2D eigenvalue weighted by Gasteiger charge is -2.39. The summed E-state index contributed by atoms with van der Waals surface area (Å²) in [7, 11) is 0. The molecule has 1 aliphatic heterocycles. The smallest absolute Gasteiger partial charge is 0.0107 e. The van der Waals surface area contributed by atoms with Gasteiger partial charge in [-0.1, -0.05) is 39.5 Å². The average Bonchev–Trinajstić information content (AvgIpc) is 2.71. The summed E-state index contributed by atoms with van der Waals surface area (Å²) in [5, 5.41) is 3.86. The van der Waals surface area contributed by atoms with Gasteiger partial charge < -0.3 is 10.2 Å². The van der Waals surface area contributed by atoms with Gasteiger partial charge in [0.05, 0.1) is 0 Å². The van der Waals surface area contributed by atoms with E-state index >= 15 is 0 Å². The van der Waals surface area contributed by atoms with Crippen molar-refractivity contribution in [3.05, 3.63) is 0 Å². The second-order valence-electron chi connectivity index (χ2n) is 7.01. The molecule has 20 heavy (non-hydrogen) atoms. The monoisotopic (exact) mass is 280 g/mol. The van der Waals surface area contributed by atoms with Crippen LogP contribution in [0, 0.1) is 5.92 Å². The Labute approximate surface area is 126 Å². The Kier molecular flexibility index (Phi) is 7.37. The maximum absolute atomic E-state index is 3.86. The zero-order valence-electron chi connectivity index (χ0n) is 13.9. The molecule has 2 heteroatoms. The molecule has 2 fully saturated rings. The Balaban J connectivity index is 1.91. The van der Waals surface area contributed by atoms with Gasteiger partial charge in [-0.25, -0.2) is 0 Å². The standard InChI is InChI=1S/C18H36N2/c1-3-13-19-18-12-7-5-6-10-16(18)15-20-14-9-8-11-17(20)4-2/h16-19H,3-15H2,1-2H3. The summed E-state index contributed by atoms with van der Waals surface area (Å²) in [6, 6.07) is 1.66. The number of piperidine rings is 1. The summed E-state index contributed by atoms with van der Waals surface area (Å²) in [6.45, 7) is 8.59. The quantitative estimate of drug-likeness (QED) is 0.734. The molecule has 2 rings (SSSR count). The first-order chi connectivity index (χ1) is 9.85. The number of rotatable bonds is 6. The molecular weight excluding hydrogens is 244 g/mol. The predicted octanol–water partition coefficient (Wildman–Crippen LogP) is 4.20. The molecule has 1 N–H and O–H groups in total. The summed E-state index contributed by atoms with van der Waals surface area (Å²) in [4.78, 5) is 2.83. The second kappa shape index (κ2) is 9.04. The molecule has 2 aliphatic rings. The molecule has 0 aromatic heterocycles. The molecule has 0 amide bonds. The van der Waals surface area contributed by atoms with Gasteiger partial charge in [0.2, 0.25) is 0 Å². The number of nitrogens with zero attached hydrogens (tertiary/aromatic N) is 1. The van der Waals surface area contributed by atoms with Crippen molar-refractivity contribution in [1.29, 1.82) is 0 Å². The molecule has 0 radical (unpaired) electrons. The van der Waals surface area contributed by atoms with E-state index in [0.717, 1.165) is 18.0 Å². The summed E-state index contributed by atoms with van der Waals surface area (Å²) in [5.41, 5.74) is 0. The van der Waals surface area contributed by atoms with Crippen molar-refractivity contribution in [1.82, 2.24) is 10.2 Å². The summed E-state index contributed by atoms with van der Waals surface area (Å²) in [6.07, 6.45) is 14.2. The van der Waals surface area contributed by atoms with E-state index in [0.29, 0.717) is 0 Å². The fraction of sp³-hybridized carbons (Fsp3) is 1.00. The van der Waals surface area contributed by atoms with E-state index in [1.54, 1.807) is 0 Å². The van der Waals surface area contributed by atoms with Gasteiger partial charge in [-0.05, 0) is 57.5 Å². The van der Waals surface area contributed by atoms with E-state index in [1.165, 1.54) is 83.8 Å². The number of nitrogens with one attached hydrogen (secondary N) is 1. The third-order valence-corrected chi connectivity index (χ3v) is 5.50. The molecular formula is C18H36N2. The fourth-order valence-electron chi connectivity index (χ4n) is 4.27. The van der Waals surface area contributed by atoms with Crippen LogP contribution in [0.3, 0.4) is 0 Å². The molecule has 0 aromatic rings. The molecule has 3 unspecified atom stereocenters. The van der Waals surface area contributed by atoms with Gasteiger partial charge in [0.15, 0.2) is 0 Å². The first-order valence-corrected chi connectivity index (χ1v) is 9.32. The van der Waals surface area contributed by atoms with Crippen LogP contribution in [-0.2, 0) is 0 Å². The van der Waals surface area contributed by atoms with Crippen LogP contribution in [0.15, 0.2) is 0 Å².